The highest BCUT2D eigenvalue weighted by molar-refractivity contribution is 6.01. The number of hydrogen-bond donors (Lipinski definition) is 2. The van der Waals surface area contributed by atoms with Crippen LogP contribution in [0.25, 0.3) is 0 Å². The van der Waals surface area contributed by atoms with Crippen molar-refractivity contribution in [3.8, 4) is 0 Å². The number of Topliss-reactive ketones (excluding diaryl/α,β-unsaturated/α-hetero) is 1. The van der Waals surface area contributed by atoms with E-state index < -0.39 is 35.3 Å². The highest BCUT2D eigenvalue weighted by Gasteiger charge is 2.70. The maximum Gasteiger partial charge on any atom is 0.325 e. The summed E-state index contributed by atoms with van der Waals surface area (Å²) in [6.07, 6.45) is 7.22. The Morgan fingerprint density at radius 2 is 1.59 bits per heavy atom. The van der Waals surface area contributed by atoms with Gasteiger partial charge < -0.3 is 14.9 Å². The van der Waals surface area contributed by atoms with Gasteiger partial charge in [-0.2, -0.15) is 0 Å². The van der Waals surface area contributed by atoms with E-state index in [9.17, 15) is 34.2 Å². The van der Waals surface area contributed by atoms with Gasteiger partial charge in [0.2, 0.25) is 0 Å². The minimum absolute atomic E-state index is 0.0136. The Labute approximate surface area is 302 Å². The summed E-state index contributed by atoms with van der Waals surface area (Å²) in [6, 6.07) is 1.59. The average Bonchev–Trinajstić information content (AvgIpc) is 3.47. The topological polar surface area (TPSA) is 145 Å². The number of carboxylic acids is 2. The molecule has 0 radical (unpaired) electrons. The number of hydrogen-bond acceptors (Lipinski definition) is 6. The molecule has 0 unspecified atom stereocenters. The fraction of sp³-hybridized carbons (Fsp3) is 0.780. The van der Waals surface area contributed by atoms with Gasteiger partial charge in [-0.3, -0.25) is 28.7 Å². The highest BCUT2D eigenvalue weighted by Crippen LogP contribution is 2.76. The molecule has 8 atom stereocenters. The van der Waals surface area contributed by atoms with E-state index in [-0.39, 0.29) is 57.4 Å². The predicted octanol–water partition coefficient (Wildman–Crippen LogP) is 6.92. The predicted molar refractivity (Wildman–Crippen MR) is 192 cm³/mol. The number of aromatic nitrogens is 2. The van der Waals surface area contributed by atoms with Crippen LogP contribution < -0.4 is 5.56 Å². The lowest BCUT2D eigenvalue weighted by atomic mass is 9.33. The molecule has 5 aliphatic rings. The maximum absolute atomic E-state index is 14.1. The van der Waals surface area contributed by atoms with Crippen molar-refractivity contribution in [1.82, 2.24) is 9.36 Å². The van der Waals surface area contributed by atoms with E-state index in [1.807, 2.05) is 0 Å². The van der Waals surface area contributed by atoms with E-state index in [0.717, 1.165) is 62.6 Å². The van der Waals surface area contributed by atoms with E-state index in [4.69, 9.17) is 4.74 Å². The zero-order chi connectivity index (χ0) is 37.9. The number of fused-ring (bicyclic) bond motifs is 7. The monoisotopic (exact) mass is 708 g/mol. The van der Waals surface area contributed by atoms with E-state index in [1.54, 1.807) is 31.6 Å². The first-order valence-electron chi connectivity index (χ1n) is 19.2. The molecule has 282 valence electrons. The first-order chi connectivity index (χ1) is 23.5. The summed E-state index contributed by atoms with van der Waals surface area (Å²) >= 11 is 0. The molecule has 1 aromatic heterocycles. The van der Waals surface area contributed by atoms with Crippen LogP contribution in [0.4, 0.5) is 0 Å². The molecule has 0 saturated heterocycles. The Kier molecular flexibility index (Phi) is 8.79. The maximum atomic E-state index is 14.1. The third kappa shape index (κ3) is 5.25. The van der Waals surface area contributed by atoms with Gasteiger partial charge in [0.15, 0.2) is 5.78 Å². The Morgan fingerprint density at radius 3 is 2.20 bits per heavy atom. The van der Waals surface area contributed by atoms with Gasteiger partial charge in [0.1, 0.15) is 12.6 Å². The van der Waals surface area contributed by atoms with Gasteiger partial charge in [-0.05, 0) is 116 Å². The van der Waals surface area contributed by atoms with Crippen LogP contribution in [0, 0.1) is 50.7 Å². The van der Waals surface area contributed by atoms with Gasteiger partial charge in [-0.25, -0.2) is 4.68 Å². The molecule has 51 heavy (non-hydrogen) atoms. The molecule has 2 N–H and O–H groups in total. The Balaban J connectivity index is 1.35. The molecule has 0 bridgehead atoms. The van der Waals surface area contributed by atoms with Crippen molar-refractivity contribution in [3.05, 3.63) is 33.3 Å². The van der Waals surface area contributed by atoms with Crippen molar-refractivity contribution in [2.24, 2.45) is 57.8 Å². The fourth-order valence-electron chi connectivity index (χ4n) is 13.1. The SMILES string of the molecule is CC(C)C1=C2[C@H]3CC[C@@H]4[C@@]5(C)CC[C@H](OC(=O)CC(C)(C)C(=O)O)C(C)(C)[C@@H]5CC[C@@]4(C)[C@]3(C)CC[C@@]2(c2cc(=O)n(CC(=O)O)n2C)CC1=O. The summed E-state index contributed by atoms with van der Waals surface area (Å²) in [5.74, 6) is -1.41. The molecule has 1 heterocycles. The van der Waals surface area contributed by atoms with Crippen molar-refractivity contribution >= 4 is 23.7 Å². The lowest BCUT2D eigenvalue weighted by Gasteiger charge is -2.72. The summed E-state index contributed by atoms with van der Waals surface area (Å²) in [7, 11) is 1.76. The molecule has 1 aromatic rings. The number of carbonyl (C=O) groups is 4. The average molecular weight is 709 g/mol. The second kappa shape index (κ2) is 11.9. The molecule has 5 aliphatic carbocycles. The molecule has 4 saturated carbocycles. The second-order valence-corrected chi connectivity index (χ2v) is 19.3. The molecule has 10 nitrogen and oxygen atoms in total. The molecule has 10 heteroatoms. The van der Waals surface area contributed by atoms with Gasteiger partial charge in [0.05, 0.1) is 17.5 Å². The molecule has 0 aliphatic heterocycles. The molecule has 4 fully saturated rings. The van der Waals surface area contributed by atoms with Gasteiger partial charge in [-0.1, -0.05) is 48.5 Å². The normalized spacial score (nSPS) is 37.4. The first-order valence-corrected chi connectivity index (χ1v) is 19.2. The number of rotatable bonds is 8. The second-order valence-electron chi connectivity index (χ2n) is 19.3. The van der Waals surface area contributed by atoms with Crippen LogP contribution in [-0.4, -0.2) is 49.4 Å². The van der Waals surface area contributed by atoms with Gasteiger partial charge in [0, 0.05) is 30.4 Å². The van der Waals surface area contributed by atoms with Gasteiger partial charge in [-0.15, -0.1) is 0 Å². The number of carbonyl (C=O) groups excluding carboxylic acids is 2. The van der Waals surface area contributed by atoms with E-state index in [1.165, 1.54) is 10.3 Å². The quantitative estimate of drug-likeness (QED) is 0.277. The Morgan fingerprint density at radius 1 is 0.922 bits per heavy atom. The minimum Gasteiger partial charge on any atom is -0.481 e. The molecular formula is C41H60N2O8. The summed E-state index contributed by atoms with van der Waals surface area (Å²) < 4.78 is 9.13. The lowest BCUT2D eigenvalue weighted by molar-refractivity contribution is -0.232. The van der Waals surface area contributed by atoms with Gasteiger partial charge in [0.25, 0.3) is 5.56 Å². The summed E-state index contributed by atoms with van der Waals surface area (Å²) in [4.78, 5) is 63.8. The number of ketones is 1. The lowest BCUT2D eigenvalue weighted by Crippen LogP contribution is -2.66. The standard InChI is InChI=1S/C41H60N2O8/c1-23(2)33-25(44)20-41(28-19-30(45)43(42(28)10)22-31(46)47)18-17-39(8)24(34(33)41)11-12-27-38(7)15-14-29(51-32(48)21-36(3,4)35(49)50)37(5,6)26(38)13-16-40(27,39)9/h19,23-24,26-27,29H,11-18,20-22H2,1-10H3,(H,46,47)(H,49,50)/t24-,26+,27-,29+,38+,39-,40-,41+/m1/s1. The van der Waals surface area contributed by atoms with Crippen molar-refractivity contribution < 1.29 is 34.1 Å². The summed E-state index contributed by atoms with van der Waals surface area (Å²) in [6.45, 7) is 18.8. The smallest absolute Gasteiger partial charge is 0.325 e. The molecular weight excluding hydrogens is 648 g/mol. The third-order valence-corrected chi connectivity index (χ3v) is 15.8. The van der Waals surface area contributed by atoms with Crippen LogP contribution in [0.5, 0.6) is 0 Å². The number of nitrogens with zero attached hydrogens (tertiary/aromatic N) is 2. The minimum atomic E-state index is -1.19. The third-order valence-electron chi connectivity index (χ3n) is 15.8. The Bertz CT molecular complexity index is 1760. The van der Waals surface area contributed by atoms with Crippen molar-refractivity contribution in [2.75, 3.05) is 0 Å². The number of carboxylic acid groups (broad SMARTS) is 2. The number of allylic oxidation sites excluding steroid dienone is 2. The molecule has 0 amide bonds. The van der Waals surface area contributed by atoms with Crippen LogP contribution in [-0.2, 0) is 42.9 Å². The van der Waals surface area contributed by atoms with E-state index in [2.05, 4.69) is 48.5 Å². The molecule has 6 rings (SSSR count). The van der Waals surface area contributed by atoms with Crippen LogP contribution in [0.2, 0.25) is 0 Å². The molecule has 0 spiro atoms. The van der Waals surface area contributed by atoms with Crippen molar-refractivity contribution in [3.63, 3.8) is 0 Å². The largest absolute Gasteiger partial charge is 0.481 e. The summed E-state index contributed by atoms with van der Waals surface area (Å²) in [5.41, 5.74) is 0.366. The van der Waals surface area contributed by atoms with Crippen molar-refractivity contribution in [1.29, 1.82) is 0 Å². The van der Waals surface area contributed by atoms with Gasteiger partial charge >= 0.3 is 17.9 Å². The van der Waals surface area contributed by atoms with Crippen LogP contribution >= 0.6 is 0 Å². The Hall–Kier alpha value is -3.17. The highest BCUT2D eigenvalue weighted by atomic mass is 16.5. The first kappa shape index (κ1) is 37.6. The van der Waals surface area contributed by atoms with E-state index in [0.29, 0.717) is 18.3 Å². The van der Waals surface area contributed by atoms with Crippen LogP contribution in [0.15, 0.2) is 22.0 Å². The van der Waals surface area contributed by atoms with Crippen LogP contribution in [0.1, 0.15) is 132 Å². The zero-order valence-electron chi connectivity index (χ0n) is 32.5. The summed E-state index contributed by atoms with van der Waals surface area (Å²) in [5, 5.41) is 19.2. The van der Waals surface area contributed by atoms with Crippen molar-refractivity contribution in [2.45, 2.75) is 145 Å². The zero-order valence-corrected chi connectivity index (χ0v) is 32.5. The van der Waals surface area contributed by atoms with Crippen LogP contribution in [0.3, 0.4) is 0 Å². The van der Waals surface area contributed by atoms with E-state index >= 15 is 0 Å². The number of esters is 1. The number of aliphatic carboxylic acids is 2. The molecule has 0 aromatic carbocycles. The fourth-order valence-corrected chi connectivity index (χ4v) is 13.1. The number of ether oxygens (including phenoxy) is 1.